The Morgan fingerprint density at radius 1 is 0.842 bits per heavy atom. The molecule has 3 fully saturated rings. The van der Waals surface area contributed by atoms with Crippen molar-refractivity contribution in [1.82, 2.24) is 15.1 Å². The quantitative estimate of drug-likeness (QED) is 0.825. The van der Waals surface area contributed by atoms with Crippen LogP contribution < -0.4 is 5.32 Å². The van der Waals surface area contributed by atoms with Crippen LogP contribution >= 0.6 is 0 Å². The summed E-state index contributed by atoms with van der Waals surface area (Å²) in [5.74, 6) is 0. The van der Waals surface area contributed by atoms with Crippen LogP contribution in [0, 0.1) is 0 Å². The van der Waals surface area contributed by atoms with Gasteiger partial charge in [-0.25, -0.2) is 0 Å². The predicted molar refractivity (Wildman–Crippen MR) is 80.5 cm³/mol. The molecule has 0 aromatic carbocycles. The average molecular weight is 265 g/mol. The molecule has 3 rings (SSSR count). The van der Waals surface area contributed by atoms with Crippen LogP contribution in [0.15, 0.2) is 0 Å². The molecule has 1 unspecified atom stereocenters. The van der Waals surface area contributed by atoms with Gasteiger partial charge in [-0.3, -0.25) is 9.80 Å². The van der Waals surface area contributed by atoms with E-state index in [0.29, 0.717) is 5.54 Å². The van der Waals surface area contributed by atoms with Crippen LogP contribution in [-0.2, 0) is 0 Å². The van der Waals surface area contributed by atoms with E-state index in [4.69, 9.17) is 0 Å². The van der Waals surface area contributed by atoms with Crippen molar-refractivity contribution >= 4 is 0 Å². The van der Waals surface area contributed by atoms with Crippen molar-refractivity contribution in [2.75, 3.05) is 32.7 Å². The topological polar surface area (TPSA) is 18.5 Å². The standard InChI is InChI=1S/C16H31N3/c1-16(2)8-7-15(13-17-16)19-11-9-18(10-12-19)14-5-3-4-6-14/h14-15,17H,3-13H2,1-2H3. The first-order valence-corrected chi connectivity index (χ1v) is 8.37. The third-order valence-corrected chi connectivity index (χ3v) is 5.63. The highest BCUT2D eigenvalue weighted by Gasteiger charge is 2.32. The molecule has 3 heteroatoms. The van der Waals surface area contributed by atoms with E-state index in [1.165, 1.54) is 71.2 Å². The summed E-state index contributed by atoms with van der Waals surface area (Å²) in [4.78, 5) is 5.51. The number of rotatable bonds is 2. The second-order valence-corrected chi connectivity index (χ2v) is 7.47. The number of nitrogens with one attached hydrogen (secondary N) is 1. The molecule has 0 bridgehead atoms. The summed E-state index contributed by atoms with van der Waals surface area (Å²) >= 11 is 0. The Bertz CT molecular complexity index is 278. The van der Waals surface area contributed by atoms with Crippen molar-refractivity contribution in [3.63, 3.8) is 0 Å². The lowest BCUT2D eigenvalue weighted by Crippen LogP contribution is -2.58. The predicted octanol–water partition coefficient (Wildman–Crippen LogP) is 2.08. The van der Waals surface area contributed by atoms with Crippen LogP contribution in [0.1, 0.15) is 52.4 Å². The molecule has 2 heterocycles. The van der Waals surface area contributed by atoms with Gasteiger partial charge in [-0.1, -0.05) is 12.8 Å². The maximum Gasteiger partial charge on any atom is 0.0222 e. The number of hydrogen-bond donors (Lipinski definition) is 1. The van der Waals surface area contributed by atoms with Gasteiger partial charge < -0.3 is 5.32 Å². The van der Waals surface area contributed by atoms with Gasteiger partial charge in [0.2, 0.25) is 0 Å². The van der Waals surface area contributed by atoms with Gasteiger partial charge in [0, 0.05) is 50.3 Å². The van der Waals surface area contributed by atoms with Crippen molar-refractivity contribution in [3.05, 3.63) is 0 Å². The van der Waals surface area contributed by atoms with Crippen molar-refractivity contribution in [3.8, 4) is 0 Å². The maximum atomic E-state index is 3.72. The highest BCUT2D eigenvalue weighted by molar-refractivity contribution is 4.91. The molecule has 0 aromatic heterocycles. The maximum absolute atomic E-state index is 3.72. The molecule has 2 aliphatic heterocycles. The molecule has 2 saturated heterocycles. The zero-order chi connectivity index (χ0) is 13.3. The first kappa shape index (κ1) is 13.8. The van der Waals surface area contributed by atoms with Crippen LogP contribution in [0.2, 0.25) is 0 Å². The third-order valence-electron chi connectivity index (χ3n) is 5.63. The number of piperidine rings is 1. The van der Waals surface area contributed by atoms with Crippen LogP contribution in [0.4, 0.5) is 0 Å². The van der Waals surface area contributed by atoms with Gasteiger partial charge in [0.05, 0.1) is 0 Å². The Kier molecular flexibility index (Phi) is 4.16. The SMILES string of the molecule is CC1(C)CCC(N2CCN(C3CCCC3)CC2)CN1. The molecule has 3 aliphatic rings. The molecule has 1 saturated carbocycles. The van der Waals surface area contributed by atoms with Gasteiger partial charge in [-0.2, -0.15) is 0 Å². The molecule has 0 spiro atoms. The van der Waals surface area contributed by atoms with Gasteiger partial charge >= 0.3 is 0 Å². The second-order valence-electron chi connectivity index (χ2n) is 7.47. The van der Waals surface area contributed by atoms with Crippen LogP contribution in [-0.4, -0.2) is 60.1 Å². The number of piperazine rings is 1. The van der Waals surface area contributed by atoms with Gasteiger partial charge in [-0.05, 0) is 39.5 Å². The van der Waals surface area contributed by atoms with E-state index >= 15 is 0 Å². The van der Waals surface area contributed by atoms with Gasteiger partial charge in [0.25, 0.3) is 0 Å². The van der Waals surface area contributed by atoms with Crippen LogP contribution in [0.3, 0.4) is 0 Å². The Hall–Kier alpha value is -0.120. The summed E-state index contributed by atoms with van der Waals surface area (Å²) in [5.41, 5.74) is 0.363. The van der Waals surface area contributed by atoms with E-state index in [1.54, 1.807) is 0 Å². The monoisotopic (exact) mass is 265 g/mol. The Morgan fingerprint density at radius 2 is 1.42 bits per heavy atom. The van der Waals surface area contributed by atoms with E-state index in [9.17, 15) is 0 Å². The van der Waals surface area contributed by atoms with Crippen molar-refractivity contribution in [2.45, 2.75) is 70.0 Å². The molecule has 0 aromatic rings. The Morgan fingerprint density at radius 3 is 1.95 bits per heavy atom. The zero-order valence-electron chi connectivity index (χ0n) is 12.8. The summed E-state index contributed by atoms with van der Waals surface area (Å²) in [7, 11) is 0. The molecule has 19 heavy (non-hydrogen) atoms. The smallest absolute Gasteiger partial charge is 0.0222 e. The minimum absolute atomic E-state index is 0.363. The molecule has 110 valence electrons. The Balaban J connectivity index is 1.45. The lowest BCUT2D eigenvalue weighted by Gasteiger charge is -2.45. The lowest BCUT2D eigenvalue weighted by atomic mass is 9.90. The normalized spacial score (nSPS) is 34.7. The van der Waals surface area contributed by atoms with E-state index < -0.39 is 0 Å². The summed E-state index contributed by atoms with van der Waals surface area (Å²) < 4.78 is 0. The highest BCUT2D eigenvalue weighted by Crippen LogP contribution is 2.26. The molecular weight excluding hydrogens is 234 g/mol. The highest BCUT2D eigenvalue weighted by atomic mass is 15.3. The summed E-state index contributed by atoms with van der Waals surface area (Å²) in [6.07, 6.45) is 8.54. The number of nitrogens with zero attached hydrogens (tertiary/aromatic N) is 2. The zero-order valence-corrected chi connectivity index (χ0v) is 12.8. The van der Waals surface area contributed by atoms with Gasteiger partial charge in [0.1, 0.15) is 0 Å². The number of hydrogen-bond acceptors (Lipinski definition) is 3. The average Bonchev–Trinajstić information content (AvgIpc) is 2.93. The fourth-order valence-electron chi connectivity index (χ4n) is 4.16. The van der Waals surface area contributed by atoms with E-state index in [2.05, 4.69) is 29.0 Å². The molecule has 3 nitrogen and oxygen atoms in total. The van der Waals surface area contributed by atoms with E-state index in [1.807, 2.05) is 0 Å². The molecular formula is C16H31N3. The van der Waals surface area contributed by atoms with Crippen LogP contribution in [0.25, 0.3) is 0 Å². The largest absolute Gasteiger partial charge is 0.310 e. The first-order chi connectivity index (χ1) is 9.14. The summed E-state index contributed by atoms with van der Waals surface area (Å²) in [6.45, 7) is 11.1. The van der Waals surface area contributed by atoms with Crippen LogP contribution in [0.5, 0.6) is 0 Å². The molecule has 1 N–H and O–H groups in total. The van der Waals surface area contributed by atoms with Crippen molar-refractivity contribution in [1.29, 1.82) is 0 Å². The van der Waals surface area contributed by atoms with E-state index in [-0.39, 0.29) is 0 Å². The van der Waals surface area contributed by atoms with E-state index in [0.717, 1.165) is 12.1 Å². The van der Waals surface area contributed by atoms with Gasteiger partial charge in [-0.15, -0.1) is 0 Å². The molecule has 0 radical (unpaired) electrons. The minimum Gasteiger partial charge on any atom is -0.310 e. The summed E-state index contributed by atoms with van der Waals surface area (Å²) in [5, 5.41) is 3.72. The third kappa shape index (κ3) is 3.32. The molecule has 1 atom stereocenters. The Labute approximate surface area is 118 Å². The van der Waals surface area contributed by atoms with Crippen molar-refractivity contribution in [2.24, 2.45) is 0 Å². The first-order valence-electron chi connectivity index (χ1n) is 8.37. The fourth-order valence-corrected chi connectivity index (χ4v) is 4.16. The minimum atomic E-state index is 0.363. The fraction of sp³-hybridized carbons (Fsp3) is 1.00. The summed E-state index contributed by atoms with van der Waals surface area (Å²) in [6, 6.07) is 1.71. The molecule has 1 aliphatic carbocycles. The second kappa shape index (κ2) is 5.71. The lowest BCUT2D eigenvalue weighted by molar-refractivity contribution is 0.0520. The molecule has 0 amide bonds. The van der Waals surface area contributed by atoms with Crippen molar-refractivity contribution < 1.29 is 0 Å². The van der Waals surface area contributed by atoms with Gasteiger partial charge in [0.15, 0.2) is 0 Å².